The summed E-state index contributed by atoms with van der Waals surface area (Å²) in [5.74, 6) is 0. The fraction of sp³-hybridized carbons (Fsp3) is 0.0769. The number of halogens is 1. The van der Waals surface area contributed by atoms with Gasteiger partial charge in [0, 0.05) is 4.47 Å². The molecule has 0 spiro atoms. The van der Waals surface area contributed by atoms with Crippen molar-refractivity contribution in [2.24, 2.45) is 0 Å². The Hall–Kier alpha value is -1.33. The van der Waals surface area contributed by atoms with Crippen molar-refractivity contribution < 1.29 is 4.42 Å². The monoisotopic (exact) mass is 320 g/mol. The lowest BCUT2D eigenvalue weighted by molar-refractivity contribution is 0.489. The van der Waals surface area contributed by atoms with Gasteiger partial charge in [-0.3, -0.25) is 0 Å². The molecule has 0 saturated heterocycles. The predicted molar refractivity (Wildman–Crippen MR) is 74.8 cm³/mol. The highest BCUT2D eigenvalue weighted by Crippen LogP contribution is 2.29. The van der Waals surface area contributed by atoms with E-state index < -0.39 is 0 Å². The second-order valence-electron chi connectivity index (χ2n) is 3.77. The van der Waals surface area contributed by atoms with Gasteiger partial charge < -0.3 is 4.42 Å². The molecule has 3 aromatic rings. The van der Waals surface area contributed by atoms with Crippen molar-refractivity contribution in [3.05, 3.63) is 46.6 Å². The minimum Gasteiger partial charge on any atom is -0.431 e. The number of hydrogen-bond acceptors (Lipinski definition) is 4. The first-order valence-electron chi connectivity index (χ1n) is 5.39. The molecule has 0 aliphatic carbocycles. The summed E-state index contributed by atoms with van der Waals surface area (Å²) in [5, 5.41) is 1.49. The SMILES string of the molecule is Cc1nc(Sc2nc3ccccc3o2)ccc1Br. The first-order chi connectivity index (χ1) is 8.72. The number of oxazole rings is 1. The molecule has 5 heteroatoms. The minimum absolute atomic E-state index is 0.616. The van der Waals surface area contributed by atoms with Crippen LogP contribution in [0, 0.1) is 6.92 Å². The number of pyridine rings is 1. The summed E-state index contributed by atoms with van der Waals surface area (Å²) in [7, 11) is 0. The molecule has 0 amide bonds. The van der Waals surface area contributed by atoms with Gasteiger partial charge in [0.2, 0.25) is 0 Å². The molecule has 0 aliphatic heterocycles. The van der Waals surface area contributed by atoms with Crippen LogP contribution in [0.5, 0.6) is 0 Å². The highest BCUT2D eigenvalue weighted by molar-refractivity contribution is 9.10. The lowest BCUT2D eigenvalue weighted by Gasteiger charge is -1.99. The number of rotatable bonds is 2. The van der Waals surface area contributed by atoms with Gasteiger partial charge in [-0.1, -0.05) is 12.1 Å². The summed E-state index contributed by atoms with van der Waals surface area (Å²) >= 11 is 4.86. The van der Waals surface area contributed by atoms with Crippen molar-refractivity contribution in [3.8, 4) is 0 Å². The normalized spacial score (nSPS) is 11.0. The van der Waals surface area contributed by atoms with Crippen molar-refractivity contribution in [1.29, 1.82) is 0 Å². The van der Waals surface area contributed by atoms with Crippen LogP contribution in [0.1, 0.15) is 5.69 Å². The van der Waals surface area contributed by atoms with E-state index >= 15 is 0 Å². The zero-order chi connectivity index (χ0) is 12.5. The van der Waals surface area contributed by atoms with Gasteiger partial charge in [0.05, 0.1) is 5.69 Å². The quantitative estimate of drug-likeness (QED) is 0.699. The van der Waals surface area contributed by atoms with Crippen LogP contribution < -0.4 is 0 Å². The molecule has 90 valence electrons. The Labute approximate surface area is 117 Å². The van der Waals surface area contributed by atoms with Crippen LogP contribution in [0.4, 0.5) is 0 Å². The molecular formula is C13H9BrN2OS. The maximum Gasteiger partial charge on any atom is 0.263 e. The third kappa shape index (κ3) is 2.28. The van der Waals surface area contributed by atoms with E-state index in [0.29, 0.717) is 5.22 Å². The first-order valence-corrected chi connectivity index (χ1v) is 7.00. The van der Waals surface area contributed by atoms with Crippen LogP contribution in [-0.4, -0.2) is 9.97 Å². The van der Waals surface area contributed by atoms with Crippen LogP contribution >= 0.6 is 27.7 Å². The largest absolute Gasteiger partial charge is 0.431 e. The Bertz CT molecular complexity index is 678. The average Bonchev–Trinajstić information content (AvgIpc) is 2.76. The third-order valence-electron chi connectivity index (χ3n) is 2.46. The molecule has 0 fully saturated rings. The smallest absolute Gasteiger partial charge is 0.263 e. The molecule has 0 radical (unpaired) electrons. The maximum atomic E-state index is 5.64. The molecule has 0 aliphatic rings. The van der Waals surface area contributed by atoms with Gasteiger partial charge in [0.1, 0.15) is 10.5 Å². The summed E-state index contributed by atoms with van der Waals surface area (Å²) in [4.78, 5) is 8.86. The Balaban J connectivity index is 1.93. The van der Waals surface area contributed by atoms with E-state index in [1.807, 2.05) is 43.3 Å². The fourth-order valence-electron chi connectivity index (χ4n) is 1.56. The standard InChI is InChI=1S/C13H9BrN2OS/c1-8-9(14)6-7-12(15-8)18-13-16-10-4-2-3-5-11(10)17-13/h2-7H,1H3. The van der Waals surface area contributed by atoms with Gasteiger partial charge >= 0.3 is 0 Å². The van der Waals surface area contributed by atoms with Crippen LogP contribution in [0.15, 0.2) is 55.5 Å². The number of fused-ring (bicyclic) bond motifs is 1. The summed E-state index contributed by atoms with van der Waals surface area (Å²) in [5.41, 5.74) is 2.62. The van der Waals surface area contributed by atoms with E-state index in [4.69, 9.17) is 4.42 Å². The van der Waals surface area contributed by atoms with Gasteiger partial charge in [-0.15, -0.1) is 0 Å². The zero-order valence-corrected chi connectivity index (χ0v) is 12.0. The Morgan fingerprint density at radius 2 is 1.94 bits per heavy atom. The fourth-order valence-corrected chi connectivity index (χ4v) is 2.56. The minimum atomic E-state index is 0.616. The molecule has 0 N–H and O–H groups in total. The van der Waals surface area contributed by atoms with E-state index in [1.54, 1.807) is 0 Å². The van der Waals surface area contributed by atoms with Gasteiger partial charge in [0.25, 0.3) is 5.22 Å². The van der Waals surface area contributed by atoms with E-state index in [-0.39, 0.29) is 0 Å². The third-order valence-corrected chi connectivity index (χ3v) is 4.09. The molecule has 0 atom stereocenters. The molecule has 2 heterocycles. The lowest BCUT2D eigenvalue weighted by atomic mass is 10.3. The molecule has 3 rings (SSSR count). The van der Waals surface area contributed by atoms with Crippen LogP contribution in [-0.2, 0) is 0 Å². The number of nitrogens with zero attached hydrogens (tertiary/aromatic N) is 2. The van der Waals surface area contributed by atoms with Crippen molar-refractivity contribution in [2.45, 2.75) is 17.2 Å². The predicted octanol–water partition coefficient (Wildman–Crippen LogP) is 4.44. The molecule has 0 unspecified atom stereocenters. The Morgan fingerprint density at radius 1 is 1.11 bits per heavy atom. The molecule has 2 aromatic heterocycles. The molecule has 3 nitrogen and oxygen atoms in total. The first kappa shape index (κ1) is 11.7. The van der Waals surface area contributed by atoms with E-state index in [1.165, 1.54) is 11.8 Å². The van der Waals surface area contributed by atoms with Crippen LogP contribution in [0.25, 0.3) is 11.1 Å². The maximum absolute atomic E-state index is 5.64. The van der Waals surface area contributed by atoms with Gasteiger partial charge in [0.15, 0.2) is 5.58 Å². The Morgan fingerprint density at radius 3 is 2.72 bits per heavy atom. The van der Waals surface area contributed by atoms with E-state index in [0.717, 1.165) is 26.3 Å². The summed E-state index contributed by atoms with van der Waals surface area (Å²) in [6.45, 7) is 1.96. The number of benzene rings is 1. The number of aromatic nitrogens is 2. The second-order valence-corrected chi connectivity index (χ2v) is 5.59. The van der Waals surface area contributed by atoms with E-state index in [2.05, 4.69) is 25.9 Å². The lowest BCUT2D eigenvalue weighted by Crippen LogP contribution is -1.85. The number of aryl methyl sites for hydroxylation is 1. The molecule has 0 saturated carbocycles. The van der Waals surface area contributed by atoms with Crippen molar-refractivity contribution >= 4 is 38.8 Å². The summed E-state index contributed by atoms with van der Waals surface area (Å²) < 4.78 is 6.65. The Kier molecular flexibility index (Phi) is 3.09. The van der Waals surface area contributed by atoms with Gasteiger partial charge in [-0.2, -0.15) is 0 Å². The summed E-state index contributed by atoms with van der Waals surface area (Å²) in [6.07, 6.45) is 0. The highest BCUT2D eigenvalue weighted by Gasteiger charge is 2.08. The molecular weight excluding hydrogens is 312 g/mol. The van der Waals surface area contributed by atoms with Gasteiger partial charge in [-0.05, 0) is 58.9 Å². The van der Waals surface area contributed by atoms with Crippen LogP contribution in [0.2, 0.25) is 0 Å². The molecule has 0 bridgehead atoms. The van der Waals surface area contributed by atoms with E-state index in [9.17, 15) is 0 Å². The molecule has 18 heavy (non-hydrogen) atoms. The number of para-hydroxylation sites is 2. The summed E-state index contributed by atoms with van der Waals surface area (Å²) in [6, 6.07) is 11.6. The average molecular weight is 321 g/mol. The zero-order valence-electron chi connectivity index (χ0n) is 9.55. The molecule has 1 aromatic carbocycles. The topological polar surface area (TPSA) is 38.9 Å². The van der Waals surface area contributed by atoms with Crippen molar-refractivity contribution in [2.75, 3.05) is 0 Å². The van der Waals surface area contributed by atoms with Crippen LogP contribution in [0.3, 0.4) is 0 Å². The highest BCUT2D eigenvalue weighted by atomic mass is 79.9. The van der Waals surface area contributed by atoms with Crippen molar-refractivity contribution in [3.63, 3.8) is 0 Å². The second kappa shape index (κ2) is 4.74. The number of hydrogen-bond donors (Lipinski definition) is 0. The van der Waals surface area contributed by atoms with Crippen molar-refractivity contribution in [1.82, 2.24) is 9.97 Å². The van der Waals surface area contributed by atoms with Gasteiger partial charge in [-0.25, -0.2) is 9.97 Å².